The second kappa shape index (κ2) is 9.00. The van der Waals surface area contributed by atoms with Crippen LogP contribution in [0.2, 0.25) is 0 Å². The Morgan fingerprint density at radius 3 is 2.52 bits per heavy atom. The molecule has 1 N–H and O–H groups in total. The third-order valence-corrected chi connectivity index (χ3v) is 4.22. The largest absolute Gasteiger partial charge is 0.497 e. The molecule has 0 aliphatic carbocycles. The Morgan fingerprint density at radius 2 is 1.89 bits per heavy atom. The van der Waals surface area contributed by atoms with Crippen LogP contribution in [0.25, 0.3) is 0 Å². The van der Waals surface area contributed by atoms with Crippen molar-refractivity contribution in [2.24, 2.45) is 7.05 Å². The summed E-state index contributed by atoms with van der Waals surface area (Å²) in [5, 5.41) is 3.01. The van der Waals surface area contributed by atoms with Gasteiger partial charge in [0.2, 0.25) is 5.91 Å². The van der Waals surface area contributed by atoms with Gasteiger partial charge in [0.1, 0.15) is 24.2 Å². The maximum Gasteiger partial charge on any atom is 0.246 e. The van der Waals surface area contributed by atoms with Gasteiger partial charge < -0.3 is 19.4 Å². The molecule has 0 saturated heterocycles. The van der Waals surface area contributed by atoms with Crippen LogP contribution in [0.3, 0.4) is 0 Å². The van der Waals surface area contributed by atoms with Gasteiger partial charge in [-0.2, -0.15) is 0 Å². The first-order chi connectivity index (χ1) is 13.2. The van der Waals surface area contributed by atoms with Crippen molar-refractivity contribution in [1.29, 1.82) is 0 Å². The molecule has 0 aliphatic heterocycles. The molecule has 3 rings (SSSR count). The third-order valence-electron chi connectivity index (χ3n) is 4.22. The molecule has 1 atom stereocenters. The smallest absolute Gasteiger partial charge is 0.246 e. The van der Waals surface area contributed by atoms with E-state index in [2.05, 4.69) is 10.3 Å². The van der Waals surface area contributed by atoms with Gasteiger partial charge in [0.05, 0.1) is 13.7 Å². The Morgan fingerprint density at radius 1 is 1.15 bits per heavy atom. The number of carbonyl (C=O) groups excluding carboxylic acids is 1. The van der Waals surface area contributed by atoms with Crippen molar-refractivity contribution < 1.29 is 14.3 Å². The van der Waals surface area contributed by atoms with Crippen molar-refractivity contribution >= 4 is 5.91 Å². The SMILES string of the molecule is COc1ccc(C(NC(=O)COCc2ccccc2)c2nccn2C)cc1. The zero-order valence-electron chi connectivity index (χ0n) is 15.5. The predicted molar refractivity (Wildman–Crippen MR) is 102 cm³/mol. The molecule has 0 aliphatic rings. The number of aryl methyl sites for hydroxylation is 1. The third kappa shape index (κ3) is 4.95. The van der Waals surface area contributed by atoms with Crippen molar-refractivity contribution in [3.63, 3.8) is 0 Å². The van der Waals surface area contributed by atoms with E-state index in [4.69, 9.17) is 9.47 Å². The molecule has 140 valence electrons. The van der Waals surface area contributed by atoms with Gasteiger partial charge >= 0.3 is 0 Å². The lowest BCUT2D eigenvalue weighted by Gasteiger charge is -2.19. The Hall–Kier alpha value is -3.12. The zero-order valence-corrected chi connectivity index (χ0v) is 15.5. The Bertz CT molecular complexity index is 860. The standard InChI is InChI=1S/C21H23N3O3/c1-24-13-12-22-21(24)20(17-8-10-18(26-2)11-9-17)23-19(25)15-27-14-16-6-4-3-5-7-16/h3-13,20H,14-15H2,1-2H3,(H,23,25). The number of hydrogen-bond acceptors (Lipinski definition) is 4. The Labute approximate surface area is 158 Å². The zero-order chi connectivity index (χ0) is 19.1. The molecule has 27 heavy (non-hydrogen) atoms. The molecule has 0 radical (unpaired) electrons. The summed E-state index contributed by atoms with van der Waals surface area (Å²) in [7, 11) is 3.52. The fourth-order valence-corrected chi connectivity index (χ4v) is 2.79. The Balaban J connectivity index is 1.67. The van der Waals surface area contributed by atoms with Gasteiger partial charge in [-0.1, -0.05) is 42.5 Å². The molecule has 1 amide bonds. The molecule has 0 bridgehead atoms. The van der Waals surface area contributed by atoms with Crippen LogP contribution in [0.4, 0.5) is 0 Å². The molecule has 0 saturated carbocycles. The van der Waals surface area contributed by atoms with E-state index >= 15 is 0 Å². The normalized spacial score (nSPS) is 11.8. The van der Waals surface area contributed by atoms with Crippen molar-refractivity contribution in [3.8, 4) is 5.75 Å². The molecule has 3 aromatic rings. The number of methoxy groups -OCH3 is 1. The fourth-order valence-electron chi connectivity index (χ4n) is 2.79. The molecule has 6 heteroatoms. The van der Waals surface area contributed by atoms with Gasteiger partial charge in [0.25, 0.3) is 0 Å². The quantitative estimate of drug-likeness (QED) is 0.667. The number of nitrogens with zero attached hydrogens (tertiary/aromatic N) is 2. The lowest BCUT2D eigenvalue weighted by Crippen LogP contribution is -2.33. The minimum Gasteiger partial charge on any atom is -0.497 e. The summed E-state index contributed by atoms with van der Waals surface area (Å²) in [4.78, 5) is 16.8. The summed E-state index contributed by atoms with van der Waals surface area (Å²) in [5.41, 5.74) is 1.95. The van der Waals surface area contributed by atoms with Gasteiger partial charge in [0, 0.05) is 19.4 Å². The average Bonchev–Trinajstić information content (AvgIpc) is 3.13. The van der Waals surface area contributed by atoms with E-state index in [9.17, 15) is 4.79 Å². The average molecular weight is 365 g/mol. The molecule has 6 nitrogen and oxygen atoms in total. The number of benzene rings is 2. The lowest BCUT2D eigenvalue weighted by molar-refractivity contribution is -0.126. The first-order valence-electron chi connectivity index (χ1n) is 8.69. The molecule has 1 heterocycles. The second-order valence-corrected chi connectivity index (χ2v) is 6.15. The van der Waals surface area contributed by atoms with Crippen LogP contribution in [0.1, 0.15) is 23.0 Å². The van der Waals surface area contributed by atoms with E-state index in [1.165, 1.54) is 0 Å². The van der Waals surface area contributed by atoms with Gasteiger partial charge in [-0.15, -0.1) is 0 Å². The fraction of sp³-hybridized carbons (Fsp3) is 0.238. The van der Waals surface area contributed by atoms with Crippen LogP contribution in [0.5, 0.6) is 5.75 Å². The van der Waals surface area contributed by atoms with Crippen LogP contribution in [0, 0.1) is 0 Å². The van der Waals surface area contributed by atoms with Crippen molar-refractivity contribution in [3.05, 3.63) is 83.9 Å². The highest BCUT2D eigenvalue weighted by Crippen LogP contribution is 2.23. The Kier molecular flexibility index (Phi) is 6.22. The summed E-state index contributed by atoms with van der Waals surface area (Å²) < 4.78 is 12.6. The number of hydrogen-bond donors (Lipinski definition) is 1. The van der Waals surface area contributed by atoms with Gasteiger partial charge in [0.15, 0.2) is 0 Å². The van der Waals surface area contributed by atoms with Gasteiger partial charge in [-0.25, -0.2) is 4.98 Å². The molecular weight excluding hydrogens is 342 g/mol. The number of imidazole rings is 1. The van der Waals surface area contributed by atoms with E-state index < -0.39 is 0 Å². The summed E-state index contributed by atoms with van der Waals surface area (Å²) in [6.07, 6.45) is 3.56. The molecule has 2 aromatic carbocycles. The first-order valence-corrected chi connectivity index (χ1v) is 8.69. The van der Waals surface area contributed by atoms with Crippen molar-refractivity contribution in [2.45, 2.75) is 12.6 Å². The second-order valence-electron chi connectivity index (χ2n) is 6.15. The van der Waals surface area contributed by atoms with E-state index in [1.807, 2.05) is 72.4 Å². The number of ether oxygens (including phenoxy) is 2. The number of rotatable bonds is 8. The maximum absolute atomic E-state index is 12.4. The molecule has 1 aromatic heterocycles. The van der Waals surface area contributed by atoms with E-state index in [1.54, 1.807) is 13.3 Å². The van der Waals surface area contributed by atoms with E-state index in [0.717, 1.165) is 22.7 Å². The topological polar surface area (TPSA) is 65.4 Å². The first kappa shape index (κ1) is 18.7. The van der Waals surface area contributed by atoms with E-state index in [0.29, 0.717) is 6.61 Å². The van der Waals surface area contributed by atoms with Crippen LogP contribution in [-0.2, 0) is 23.2 Å². The summed E-state index contributed by atoms with van der Waals surface area (Å²) >= 11 is 0. The van der Waals surface area contributed by atoms with Crippen molar-refractivity contribution in [1.82, 2.24) is 14.9 Å². The van der Waals surface area contributed by atoms with Crippen LogP contribution in [0.15, 0.2) is 67.0 Å². The minimum atomic E-state index is -0.372. The number of carbonyl (C=O) groups is 1. The molecule has 1 unspecified atom stereocenters. The summed E-state index contributed by atoms with van der Waals surface area (Å²) in [6.45, 7) is 0.371. The monoisotopic (exact) mass is 365 g/mol. The highest BCUT2D eigenvalue weighted by atomic mass is 16.5. The molecular formula is C21H23N3O3. The number of amides is 1. The van der Waals surface area contributed by atoms with Gasteiger partial charge in [-0.05, 0) is 23.3 Å². The molecule has 0 spiro atoms. The lowest BCUT2D eigenvalue weighted by atomic mass is 10.1. The highest BCUT2D eigenvalue weighted by Gasteiger charge is 2.20. The summed E-state index contributed by atoms with van der Waals surface area (Å²) in [6, 6.07) is 17.0. The highest BCUT2D eigenvalue weighted by molar-refractivity contribution is 5.78. The number of nitrogens with one attached hydrogen (secondary N) is 1. The number of aromatic nitrogens is 2. The molecule has 0 fully saturated rings. The van der Waals surface area contributed by atoms with E-state index in [-0.39, 0.29) is 18.6 Å². The van der Waals surface area contributed by atoms with Crippen molar-refractivity contribution in [2.75, 3.05) is 13.7 Å². The van der Waals surface area contributed by atoms with Crippen LogP contribution >= 0.6 is 0 Å². The predicted octanol–water partition coefficient (Wildman–Crippen LogP) is 2.85. The van der Waals surface area contributed by atoms with Gasteiger partial charge in [-0.3, -0.25) is 4.79 Å². The maximum atomic E-state index is 12.4. The minimum absolute atomic E-state index is 0.0219. The summed E-state index contributed by atoms with van der Waals surface area (Å²) in [5.74, 6) is 1.31. The van der Waals surface area contributed by atoms with Crippen LogP contribution in [-0.4, -0.2) is 29.2 Å². The van der Waals surface area contributed by atoms with Crippen LogP contribution < -0.4 is 10.1 Å².